The molecule has 4 nitrogen and oxygen atoms in total. The van der Waals surface area contributed by atoms with Crippen molar-refractivity contribution in [3.8, 4) is 0 Å². The van der Waals surface area contributed by atoms with Gasteiger partial charge < -0.3 is 9.30 Å². The Kier molecular flexibility index (Phi) is 6.69. The predicted molar refractivity (Wildman–Crippen MR) is 261 cm³/mol. The maximum atomic E-state index is 5.58. The van der Waals surface area contributed by atoms with E-state index in [-0.39, 0.29) is 10.8 Å². The van der Waals surface area contributed by atoms with Gasteiger partial charge >= 0.3 is 0 Å². The minimum absolute atomic E-state index is 0.0592. The van der Waals surface area contributed by atoms with Gasteiger partial charge in [-0.1, -0.05) is 126 Å². The second-order valence-corrected chi connectivity index (χ2v) is 19.3. The van der Waals surface area contributed by atoms with Gasteiger partial charge in [-0.25, -0.2) is 4.98 Å². The lowest BCUT2D eigenvalue weighted by Crippen LogP contribution is -2.15. The molecular formula is C57H44N4. The fraction of sp³-hybridized carbons (Fsp3) is 0.140. The Morgan fingerprint density at radius 2 is 0.951 bits per heavy atom. The number of benzene rings is 8. The molecule has 5 heterocycles. The smallest absolute Gasteiger partial charge is 0.146 e. The molecule has 13 aromatic rings. The SMILES string of the molecule is CC(C)(C)c1cc(N(c2ccccc2)c2ccccc2)c2c(c1)c1cc3ccccc3c3c4c5c6cc(C(C)(C)C)cc7c8cc9ccccc9cc8n(c5ncc4n2c13)c76. The number of pyridine rings is 1. The quantitative estimate of drug-likeness (QED) is 0.178. The van der Waals surface area contributed by atoms with Crippen molar-refractivity contribution >= 4 is 115 Å². The maximum Gasteiger partial charge on any atom is 0.146 e. The van der Waals surface area contributed by atoms with Crippen LogP contribution in [0.15, 0.2) is 158 Å². The Morgan fingerprint density at radius 1 is 0.410 bits per heavy atom. The lowest BCUT2D eigenvalue weighted by molar-refractivity contribution is 0.591. The minimum atomic E-state index is -0.0918. The highest BCUT2D eigenvalue weighted by Gasteiger charge is 2.31. The summed E-state index contributed by atoms with van der Waals surface area (Å²) in [6.07, 6.45) is 2.17. The van der Waals surface area contributed by atoms with Crippen LogP contribution >= 0.6 is 0 Å². The molecule has 13 rings (SSSR count). The number of anilines is 3. The summed E-state index contributed by atoms with van der Waals surface area (Å²) in [5, 5.41) is 15.2. The summed E-state index contributed by atoms with van der Waals surface area (Å²) in [4.78, 5) is 8.03. The summed E-state index contributed by atoms with van der Waals surface area (Å²) in [6, 6.07) is 56.5. The van der Waals surface area contributed by atoms with Crippen LogP contribution in [0.2, 0.25) is 0 Å². The highest BCUT2D eigenvalue weighted by Crippen LogP contribution is 2.52. The Balaban J connectivity index is 1.29. The molecule has 0 saturated carbocycles. The number of hydrogen-bond acceptors (Lipinski definition) is 2. The van der Waals surface area contributed by atoms with Crippen molar-refractivity contribution in [3.63, 3.8) is 0 Å². The van der Waals surface area contributed by atoms with E-state index < -0.39 is 0 Å². The molecule has 0 amide bonds. The van der Waals surface area contributed by atoms with Gasteiger partial charge in [-0.3, -0.25) is 4.40 Å². The van der Waals surface area contributed by atoms with Gasteiger partial charge in [0.1, 0.15) is 5.65 Å². The number of hydrogen-bond donors (Lipinski definition) is 0. The van der Waals surface area contributed by atoms with Crippen LogP contribution in [0.5, 0.6) is 0 Å². The molecule has 0 fully saturated rings. The summed E-state index contributed by atoms with van der Waals surface area (Å²) in [5.41, 5.74) is 12.9. The lowest BCUT2D eigenvalue weighted by Gasteiger charge is -2.29. The summed E-state index contributed by atoms with van der Waals surface area (Å²) in [7, 11) is 0. The van der Waals surface area contributed by atoms with E-state index in [2.05, 4.69) is 213 Å². The molecule has 0 bridgehead atoms. The Bertz CT molecular complexity index is 3890. The summed E-state index contributed by atoms with van der Waals surface area (Å²) in [6.45, 7) is 14.0. The van der Waals surface area contributed by atoms with Crippen LogP contribution in [-0.4, -0.2) is 13.8 Å². The highest BCUT2D eigenvalue weighted by molar-refractivity contribution is 6.39. The Morgan fingerprint density at radius 3 is 1.62 bits per heavy atom. The van der Waals surface area contributed by atoms with Gasteiger partial charge in [-0.05, 0) is 110 Å². The predicted octanol–water partition coefficient (Wildman–Crippen LogP) is 15.8. The van der Waals surface area contributed by atoms with Crippen LogP contribution in [0.4, 0.5) is 17.1 Å². The van der Waals surface area contributed by atoms with Crippen LogP contribution in [0.3, 0.4) is 0 Å². The summed E-state index contributed by atoms with van der Waals surface area (Å²) in [5.74, 6) is 0. The van der Waals surface area contributed by atoms with Crippen LogP contribution < -0.4 is 4.90 Å². The van der Waals surface area contributed by atoms with Crippen LogP contribution in [0.1, 0.15) is 52.7 Å². The van der Waals surface area contributed by atoms with Gasteiger partial charge in [0.25, 0.3) is 0 Å². The van der Waals surface area contributed by atoms with E-state index in [1.165, 1.54) is 97.8 Å². The zero-order valence-corrected chi connectivity index (χ0v) is 35.3. The molecule has 8 aromatic carbocycles. The summed E-state index contributed by atoms with van der Waals surface area (Å²) >= 11 is 0. The normalized spacial score (nSPS) is 13.1. The number of aromatic nitrogens is 3. The van der Waals surface area contributed by atoms with E-state index in [1.807, 2.05) is 0 Å². The molecule has 292 valence electrons. The first-order chi connectivity index (χ1) is 29.5. The first-order valence-corrected chi connectivity index (χ1v) is 21.6. The van der Waals surface area contributed by atoms with Gasteiger partial charge in [0.15, 0.2) is 0 Å². The zero-order valence-electron chi connectivity index (χ0n) is 35.3. The summed E-state index contributed by atoms with van der Waals surface area (Å²) < 4.78 is 5.04. The van der Waals surface area contributed by atoms with Gasteiger partial charge in [0, 0.05) is 54.5 Å². The Hall–Kier alpha value is -7.17. The average molecular weight is 785 g/mol. The second-order valence-electron chi connectivity index (χ2n) is 19.3. The molecule has 0 spiro atoms. The zero-order chi connectivity index (χ0) is 41.1. The topological polar surface area (TPSA) is 24.9 Å². The van der Waals surface area contributed by atoms with Crippen molar-refractivity contribution in [2.24, 2.45) is 0 Å². The molecule has 61 heavy (non-hydrogen) atoms. The largest absolute Gasteiger partial charge is 0.308 e. The van der Waals surface area contributed by atoms with E-state index in [0.717, 1.165) is 28.2 Å². The molecule has 0 saturated heterocycles. The van der Waals surface area contributed by atoms with Crippen molar-refractivity contribution in [1.82, 2.24) is 13.8 Å². The highest BCUT2D eigenvalue weighted by atomic mass is 15.2. The van der Waals surface area contributed by atoms with E-state index >= 15 is 0 Å². The monoisotopic (exact) mass is 784 g/mol. The lowest BCUT2D eigenvalue weighted by atomic mass is 9.85. The molecule has 0 aliphatic heterocycles. The standard InChI is InChI=1S/C57H44N4/c1-56(2,3)36-28-43-41-25-33-17-13-14-18-34(33)27-46(41)61-52(43)45(30-36)50-51-48(32-58-55(50)61)60-53-44(42-26-35-19-15-16-24-40(35)49(51)54(42)60)29-37(57(4,5)6)31-47(53)59(38-20-9-7-10-21-38)39-22-11-8-12-23-39/h7-32H,1-6H3. The van der Waals surface area contributed by atoms with Crippen LogP contribution in [0, 0.1) is 0 Å². The minimum Gasteiger partial charge on any atom is -0.308 e. The van der Waals surface area contributed by atoms with Crippen LogP contribution in [-0.2, 0) is 10.8 Å². The first kappa shape index (κ1) is 34.7. The number of fused-ring (bicyclic) bond motifs is 16. The third-order valence-corrected chi connectivity index (χ3v) is 13.6. The molecule has 0 aliphatic carbocycles. The van der Waals surface area contributed by atoms with E-state index in [9.17, 15) is 0 Å². The van der Waals surface area contributed by atoms with E-state index in [4.69, 9.17) is 4.98 Å². The second kappa shape index (κ2) is 11.8. The molecular weight excluding hydrogens is 741 g/mol. The van der Waals surface area contributed by atoms with Crippen molar-refractivity contribution in [3.05, 3.63) is 169 Å². The van der Waals surface area contributed by atoms with Gasteiger partial charge in [-0.2, -0.15) is 0 Å². The number of rotatable bonds is 3. The number of para-hydroxylation sites is 2. The van der Waals surface area contributed by atoms with Gasteiger partial charge in [-0.15, -0.1) is 0 Å². The molecule has 4 heteroatoms. The molecule has 0 atom stereocenters. The third kappa shape index (κ3) is 4.62. The van der Waals surface area contributed by atoms with Crippen molar-refractivity contribution < 1.29 is 0 Å². The van der Waals surface area contributed by atoms with E-state index in [1.54, 1.807) is 0 Å². The first-order valence-electron chi connectivity index (χ1n) is 21.6. The fourth-order valence-electron chi connectivity index (χ4n) is 10.6. The average Bonchev–Trinajstić information content (AvgIpc) is 3.98. The maximum absolute atomic E-state index is 5.58. The van der Waals surface area contributed by atoms with E-state index in [0.29, 0.717) is 0 Å². The van der Waals surface area contributed by atoms with Crippen molar-refractivity contribution in [1.29, 1.82) is 0 Å². The molecule has 5 aromatic heterocycles. The van der Waals surface area contributed by atoms with Crippen molar-refractivity contribution in [2.75, 3.05) is 4.90 Å². The third-order valence-electron chi connectivity index (χ3n) is 13.6. The number of nitrogens with zero attached hydrogens (tertiary/aromatic N) is 4. The van der Waals surface area contributed by atoms with Crippen molar-refractivity contribution in [2.45, 2.75) is 52.4 Å². The molecule has 0 N–H and O–H groups in total. The fourth-order valence-corrected chi connectivity index (χ4v) is 10.6. The van der Waals surface area contributed by atoms with Gasteiger partial charge in [0.2, 0.25) is 0 Å². The Labute approximate surface area is 353 Å². The molecule has 0 unspecified atom stereocenters. The van der Waals surface area contributed by atoms with Gasteiger partial charge in [0.05, 0.1) is 39.5 Å². The molecule has 0 aliphatic rings. The molecule has 0 radical (unpaired) electrons. The van der Waals surface area contributed by atoms with Crippen LogP contribution in [0.25, 0.3) is 97.9 Å².